The zero-order chi connectivity index (χ0) is 20.6. The summed E-state index contributed by atoms with van der Waals surface area (Å²) < 4.78 is 18.1. The number of carbonyl (C=O) groups excluding carboxylic acids is 2. The SMILES string of the molecule is Cc1ccc(NC(=O)Cc2nc(COC(=O)CCc3ccc(F)cc3)cs2)cc1. The molecule has 3 rings (SSSR count). The summed E-state index contributed by atoms with van der Waals surface area (Å²) in [6.07, 6.45) is 0.860. The summed E-state index contributed by atoms with van der Waals surface area (Å²) in [4.78, 5) is 28.4. The largest absolute Gasteiger partial charge is 0.459 e. The van der Waals surface area contributed by atoms with Gasteiger partial charge in [0.2, 0.25) is 5.91 Å². The lowest BCUT2D eigenvalue weighted by atomic mass is 10.1. The number of nitrogens with zero attached hydrogens (tertiary/aromatic N) is 1. The van der Waals surface area contributed by atoms with Crippen LogP contribution in [0.1, 0.15) is 28.2 Å². The van der Waals surface area contributed by atoms with Gasteiger partial charge in [-0.3, -0.25) is 9.59 Å². The minimum atomic E-state index is -0.346. The standard InChI is InChI=1S/C22H21FN2O3S/c1-15-2-9-18(10-3-15)24-20(26)12-21-25-19(14-29-21)13-28-22(27)11-6-16-4-7-17(23)8-5-16/h2-5,7-10,14H,6,11-13H2,1H3,(H,24,26). The van der Waals surface area contributed by atoms with Gasteiger partial charge in [0.25, 0.3) is 0 Å². The quantitative estimate of drug-likeness (QED) is 0.555. The molecule has 7 heteroatoms. The second-order valence-electron chi connectivity index (χ2n) is 6.61. The molecule has 1 N–H and O–H groups in total. The number of carbonyl (C=O) groups is 2. The molecule has 0 bridgehead atoms. The van der Waals surface area contributed by atoms with Gasteiger partial charge in [-0.2, -0.15) is 0 Å². The molecule has 0 spiro atoms. The van der Waals surface area contributed by atoms with Crippen LogP contribution >= 0.6 is 11.3 Å². The van der Waals surface area contributed by atoms with Crippen LogP contribution in [0.15, 0.2) is 53.9 Å². The molecule has 0 saturated heterocycles. The van der Waals surface area contributed by atoms with Gasteiger partial charge in [0, 0.05) is 17.5 Å². The third-order valence-electron chi connectivity index (χ3n) is 4.16. The lowest BCUT2D eigenvalue weighted by Gasteiger charge is -2.04. The predicted molar refractivity (Wildman–Crippen MR) is 110 cm³/mol. The Hall–Kier alpha value is -3.06. The van der Waals surface area contributed by atoms with E-state index in [1.54, 1.807) is 17.5 Å². The fourth-order valence-electron chi connectivity index (χ4n) is 2.60. The van der Waals surface area contributed by atoms with Crippen LogP contribution in [0.3, 0.4) is 0 Å². The first kappa shape index (κ1) is 20.7. The van der Waals surface area contributed by atoms with Crippen molar-refractivity contribution < 1.29 is 18.7 Å². The average Bonchev–Trinajstić information content (AvgIpc) is 3.15. The number of aromatic nitrogens is 1. The Morgan fingerprint density at radius 3 is 2.55 bits per heavy atom. The topological polar surface area (TPSA) is 68.3 Å². The third-order valence-corrected chi connectivity index (χ3v) is 5.06. The molecule has 0 fully saturated rings. The number of thiazole rings is 1. The molecule has 0 aliphatic heterocycles. The smallest absolute Gasteiger partial charge is 0.306 e. The van der Waals surface area contributed by atoms with E-state index in [0.29, 0.717) is 17.1 Å². The number of hydrogen-bond donors (Lipinski definition) is 1. The molecule has 1 aromatic heterocycles. The van der Waals surface area contributed by atoms with Gasteiger partial charge < -0.3 is 10.1 Å². The number of aryl methyl sites for hydroxylation is 2. The minimum absolute atomic E-state index is 0.0678. The van der Waals surface area contributed by atoms with Crippen LogP contribution in [-0.4, -0.2) is 16.9 Å². The van der Waals surface area contributed by atoms with Crippen molar-refractivity contribution in [2.24, 2.45) is 0 Å². The van der Waals surface area contributed by atoms with Gasteiger partial charge in [0.1, 0.15) is 17.4 Å². The Labute approximate surface area is 172 Å². The molecular weight excluding hydrogens is 391 g/mol. The molecule has 0 saturated carbocycles. The number of anilines is 1. The highest BCUT2D eigenvalue weighted by atomic mass is 32.1. The molecule has 2 aromatic carbocycles. The summed E-state index contributed by atoms with van der Waals surface area (Å²) >= 11 is 1.36. The van der Waals surface area contributed by atoms with Crippen LogP contribution in [0.4, 0.5) is 10.1 Å². The van der Waals surface area contributed by atoms with Crippen LogP contribution < -0.4 is 5.32 Å². The van der Waals surface area contributed by atoms with E-state index >= 15 is 0 Å². The van der Waals surface area contributed by atoms with Crippen LogP contribution in [-0.2, 0) is 33.8 Å². The Bertz CT molecular complexity index is 968. The normalized spacial score (nSPS) is 10.6. The van der Waals surface area contributed by atoms with Gasteiger partial charge in [-0.1, -0.05) is 29.8 Å². The predicted octanol–water partition coefficient (Wildman–Crippen LogP) is 4.45. The summed E-state index contributed by atoms with van der Waals surface area (Å²) in [6, 6.07) is 13.6. The molecule has 1 amide bonds. The first-order valence-electron chi connectivity index (χ1n) is 9.18. The Morgan fingerprint density at radius 2 is 1.83 bits per heavy atom. The molecule has 0 atom stereocenters. The van der Waals surface area contributed by atoms with Gasteiger partial charge in [-0.05, 0) is 43.2 Å². The lowest BCUT2D eigenvalue weighted by molar-refractivity contribution is -0.145. The molecule has 0 radical (unpaired) electrons. The summed E-state index contributed by atoms with van der Waals surface area (Å²) in [7, 11) is 0. The molecule has 1 heterocycles. The molecular formula is C22H21FN2O3S. The highest BCUT2D eigenvalue weighted by Crippen LogP contribution is 2.14. The second kappa shape index (κ2) is 9.93. The van der Waals surface area contributed by atoms with E-state index < -0.39 is 0 Å². The number of hydrogen-bond acceptors (Lipinski definition) is 5. The minimum Gasteiger partial charge on any atom is -0.459 e. The van der Waals surface area contributed by atoms with Crippen molar-refractivity contribution >= 4 is 28.9 Å². The number of amides is 1. The summed E-state index contributed by atoms with van der Waals surface area (Å²) in [5.41, 5.74) is 3.36. The summed E-state index contributed by atoms with van der Waals surface area (Å²) in [6.45, 7) is 2.05. The van der Waals surface area contributed by atoms with Crippen LogP contribution in [0.25, 0.3) is 0 Å². The average molecular weight is 412 g/mol. The summed E-state index contributed by atoms with van der Waals surface area (Å²) in [5, 5.41) is 5.27. The van der Waals surface area contributed by atoms with Gasteiger partial charge in [-0.15, -0.1) is 11.3 Å². The van der Waals surface area contributed by atoms with Gasteiger partial charge in [0.15, 0.2) is 0 Å². The van der Waals surface area contributed by atoms with E-state index in [-0.39, 0.29) is 37.1 Å². The van der Waals surface area contributed by atoms with Crippen molar-refractivity contribution in [3.05, 3.63) is 81.6 Å². The van der Waals surface area contributed by atoms with Crippen molar-refractivity contribution in [1.29, 1.82) is 0 Å². The number of halogens is 1. The maximum absolute atomic E-state index is 12.9. The van der Waals surface area contributed by atoms with E-state index in [4.69, 9.17) is 4.74 Å². The Kier molecular flexibility index (Phi) is 7.08. The van der Waals surface area contributed by atoms with E-state index in [2.05, 4.69) is 10.3 Å². The van der Waals surface area contributed by atoms with Crippen molar-refractivity contribution in [3.8, 4) is 0 Å². The van der Waals surface area contributed by atoms with E-state index in [1.807, 2.05) is 31.2 Å². The number of rotatable bonds is 8. The zero-order valence-electron chi connectivity index (χ0n) is 16.0. The number of esters is 1. The van der Waals surface area contributed by atoms with E-state index in [9.17, 15) is 14.0 Å². The summed E-state index contributed by atoms with van der Waals surface area (Å²) in [5.74, 6) is -0.796. The monoisotopic (exact) mass is 412 g/mol. The maximum Gasteiger partial charge on any atom is 0.306 e. The van der Waals surface area contributed by atoms with Crippen LogP contribution in [0.5, 0.6) is 0 Å². The van der Waals surface area contributed by atoms with Crippen molar-refractivity contribution in [2.45, 2.75) is 32.8 Å². The highest BCUT2D eigenvalue weighted by Gasteiger charge is 2.10. The first-order chi connectivity index (χ1) is 14.0. The van der Waals surface area contributed by atoms with Gasteiger partial charge >= 0.3 is 5.97 Å². The maximum atomic E-state index is 12.9. The fraction of sp³-hybridized carbons (Fsp3) is 0.227. The van der Waals surface area contributed by atoms with Crippen LogP contribution in [0, 0.1) is 12.7 Å². The number of ether oxygens (including phenoxy) is 1. The number of nitrogens with one attached hydrogen (secondary N) is 1. The Morgan fingerprint density at radius 1 is 1.10 bits per heavy atom. The first-order valence-corrected chi connectivity index (χ1v) is 10.1. The Balaban J connectivity index is 1.41. The van der Waals surface area contributed by atoms with E-state index in [1.165, 1.54) is 23.5 Å². The van der Waals surface area contributed by atoms with Gasteiger partial charge in [-0.25, -0.2) is 9.37 Å². The molecule has 3 aromatic rings. The molecule has 0 aliphatic carbocycles. The lowest BCUT2D eigenvalue weighted by Crippen LogP contribution is -2.14. The van der Waals surface area contributed by atoms with Crippen molar-refractivity contribution in [2.75, 3.05) is 5.32 Å². The highest BCUT2D eigenvalue weighted by molar-refractivity contribution is 7.09. The molecule has 5 nitrogen and oxygen atoms in total. The van der Waals surface area contributed by atoms with Crippen LogP contribution in [0.2, 0.25) is 0 Å². The van der Waals surface area contributed by atoms with E-state index in [0.717, 1.165) is 16.8 Å². The fourth-order valence-corrected chi connectivity index (χ4v) is 3.38. The number of benzene rings is 2. The van der Waals surface area contributed by atoms with Crippen molar-refractivity contribution in [3.63, 3.8) is 0 Å². The van der Waals surface area contributed by atoms with Crippen molar-refractivity contribution in [1.82, 2.24) is 4.98 Å². The third kappa shape index (κ3) is 6.80. The second-order valence-corrected chi connectivity index (χ2v) is 7.55. The van der Waals surface area contributed by atoms with Gasteiger partial charge in [0.05, 0.1) is 12.1 Å². The molecule has 0 aliphatic rings. The molecule has 29 heavy (non-hydrogen) atoms. The molecule has 150 valence electrons. The molecule has 0 unspecified atom stereocenters. The zero-order valence-corrected chi connectivity index (χ0v) is 16.8.